The molecule has 2 aliphatic heterocycles. The summed E-state index contributed by atoms with van der Waals surface area (Å²) >= 11 is 0. The van der Waals surface area contributed by atoms with Crippen LogP contribution in [0.25, 0.3) is 5.57 Å². The van der Waals surface area contributed by atoms with E-state index in [1.165, 1.54) is 24.3 Å². The fourth-order valence-corrected chi connectivity index (χ4v) is 5.71. The van der Waals surface area contributed by atoms with Gasteiger partial charge in [0.1, 0.15) is 5.82 Å². The molecule has 2 fully saturated rings. The molecule has 1 atom stereocenters. The number of nitrogens with one attached hydrogen (secondary N) is 2. The number of nitrogens with zero attached hydrogens (tertiary/aromatic N) is 3. The molecule has 8 nitrogen and oxygen atoms in total. The molecule has 226 valence electrons. The van der Waals surface area contributed by atoms with Crippen LogP contribution in [0.15, 0.2) is 58.8 Å². The van der Waals surface area contributed by atoms with Crippen molar-refractivity contribution < 1.29 is 31.5 Å². The highest BCUT2D eigenvalue weighted by molar-refractivity contribution is 5.97. The highest BCUT2D eigenvalue weighted by Gasteiger charge is 2.45. The van der Waals surface area contributed by atoms with E-state index >= 15 is 4.39 Å². The second-order valence-electron chi connectivity index (χ2n) is 10.8. The average Bonchev–Trinajstić information content (AvgIpc) is 2.94. The molecule has 1 amide bonds. The number of alkyl halides is 4. The number of aromatic amines is 1. The van der Waals surface area contributed by atoms with Gasteiger partial charge in [-0.25, -0.2) is 8.78 Å². The minimum Gasteiger partial charge on any atom is -0.379 e. The summed E-state index contributed by atoms with van der Waals surface area (Å²) in [4.78, 5) is 33.0. The molecule has 1 aromatic heterocycles. The molecule has 1 aromatic carbocycles. The number of likely N-dealkylation sites (N-methyl/N-ethyl adjacent to an activating group) is 1. The maximum absolute atomic E-state index is 17.6. The van der Waals surface area contributed by atoms with Gasteiger partial charge < -0.3 is 24.8 Å². The van der Waals surface area contributed by atoms with Crippen LogP contribution in [0.5, 0.6) is 0 Å². The van der Waals surface area contributed by atoms with E-state index in [0.29, 0.717) is 64.7 Å². The number of carbonyl (C=O) groups excluding carboxylic acids is 1. The smallest absolute Gasteiger partial charge is 0.379 e. The fourth-order valence-electron chi connectivity index (χ4n) is 5.71. The molecule has 2 N–H and O–H groups in total. The number of amides is 1. The van der Waals surface area contributed by atoms with Crippen molar-refractivity contribution in [1.29, 1.82) is 0 Å². The van der Waals surface area contributed by atoms with Crippen molar-refractivity contribution in [2.24, 2.45) is 0 Å². The van der Waals surface area contributed by atoms with Gasteiger partial charge >= 0.3 is 6.18 Å². The Kier molecular flexibility index (Phi) is 8.53. The molecule has 0 radical (unpaired) electrons. The first-order valence-corrected chi connectivity index (χ1v) is 13.7. The van der Waals surface area contributed by atoms with Crippen molar-refractivity contribution in [3.8, 4) is 0 Å². The number of rotatable bonds is 6. The van der Waals surface area contributed by atoms with Gasteiger partial charge in [-0.05, 0) is 24.8 Å². The number of H-pyrrole nitrogens is 1. The maximum Gasteiger partial charge on any atom is 0.417 e. The first-order valence-electron chi connectivity index (χ1n) is 13.7. The van der Waals surface area contributed by atoms with Crippen LogP contribution >= 0.6 is 0 Å². The topological polar surface area (TPSA) is 80.9 Å². The second-order valence-corrected chi connectivity index (χ2v) is 10.8. The van der Waals surface area contributed by atoms with Gasteiger partial charge in [0.2, 0.25) is 5.56 Å². The number of halogens is 5. The summed E-state index contributed by atoms with van der Waals surface area (Å²) in [6.07, 6.45) is -3.04. The first-order chi connectivity index (χ1) is 19.9. The highest BCUT2D eigenvalue weighted by Crippen LogP contribution is 2.42. The maximum atomic E-state index is 17.6. The van der Waals surface area contributed by atoms with E-state index in [0.717, 1.165) is 0 Å². The molecule has 0 spiro atoms. The van der Waals surface area contributed by atoms with E-state index in [4.69, 9.17) is 4.74 Å². The van der Waals surface area contributed by atoms with Crippen molar-refractivity contribution in [2.75, 3.05) is 66.1 Å². The quantitative estimate of drug-likeness (QED) is 0.501. The van der Waals surface area contributed by atoms with E-state index in [2.05, 4.69) is 15.2 Å². The lowest BCUT2D eigenvalue weighted by molar-refractivity contribution is -0.138. The Balaban J connectivity index is 1.62. The summed E-state index contributed by atoms with van der Waals surface area (Å²) in [6, 6.07) is 6.16. The van der Waals surface area contributed by atoms with E-state index in [1.807, 2.05) is 16.8 Å². The molecular formula is C29H32F5N5O3. The molecule has 1 aliphatic carbocycles. The van der Waals surface area contributed by atoms with Crippen LogP contribution in [-0.4, -0.2) is 97.3 Å². The molecule has 0 saturated carbocycles. The van der Waals surface area contributed by atoms with Crippen LogP contribution in [0.4, 0.5) is 22.0 Å². The molecule has 0 bridgehead atoms. The molecule has 5 rings (SSSR count). The van der Waals surface area contributed by atoms with Crippen molar-refractivity contribution in [2.45, 2.75) is 18.3 Å². The molecular weight excluding hydrogens is 561 g/mol. The normalized spacial score (nSPS) is 22.7. The Bertz CT molecular complexity index is 1440. The molecule has 2 aromatic rings. The average molecular weight is 594 g/mol. The lowest BCUT2D eigenvalue weighted by Crippen LogP contribution is -2.54. The summed E-state index contributed by atoms with van der Waals surface area (Å²) in [5.41, 5.74) is -4.90. The number of piperazine rings is 1. The van der Waals surface area contributed by atoms with Crippen LogP contribution < -0.4 is 10.9 Å². The summed E-state index contributed by atoms with van der Waals surface area (Å²) in [7, 11) is 1.93. The van der Waals surface area contributed by atoms with Gasteiger partial charge in [0.05, 0.1) is 30.0 Å². The van der Waals surface area contributed by atoms with Crippen molar-refractivity contribution in [3.63, 3.8) is 0 Å². The van der Waals surface area contributed by atoms with Crippen LogP contribution in [0.3, 0.4) is 0 Å². The zero-order valence-electron chi connectivity index (χ0n) is 23.1. The largest absolute Gasteiger partial charge is 0.417 e. The van der Waals surface area contributed by atoms with Gasteiger partial charge in [-0.1, -0.05) is 18.2 Å². The van der Waals surface area contributed by atoms with Gasteiger partial charge in [0, 0.05) is 75.8 Å². The number of hydrogen-bond donors (Lipinski definition) is 2. The molecule has 13 heteroatoms. The van der Waals surface area contributed by atoms with Gasteiger partial charge in [0.25, 0.3) is 5.91 Å². The number of carbonyl (C=O) groups is 1. The Morgan fingerprint density at radius 1 is 1.10 bits per heavy atom. The molecule has 1 unspecified atom stereocenters. The Morgan fingerprint density at radius 2 is 1.79 bits per heavy atom. The zero-order chi connectivity index (χ0) is 30.1. The van der Waals surface area contributed by atoms with Crippen molar-refractivity contribution in [1.82, 2.24) is 25.0 Å². The van der Waals surface area contributed by atoms with Crippen LogP contribution in [-0.2, 0) is 10.9 Å². The SMILES string of the molecule is CN1CCN(C2=C(NC(=O)c3c[nH]c(=O)cc3C(F)(F)F)CC(c3ccccc3F)=CC2(F)CN2CCOCC2)CC1. The van der Waals surface area contributed by atoms with Gasteiger partial charge in [-0.15, -0.1) is 0 Å². The van der Waals surface area contributed by atoms with Gasteiger partial charge in [-0.2, -0.15) is 13.2 Å². The number of benzene rings is 1. The molecule has 3 aliphatic rings. The van der Waals surface area contributed by atoms with Crippen LogP contribution in [0, 0.1) is 5.82 Å². The lowest BCUT2D eigenvalue weighted by atomic mass is 9.84. The number of ether oxygens (including phenoxy) is 1. The van der Waals surface area contributed by atoms with Crippen LogP contribution in [0.2, 0.25) is 0 Å². The third-order valence-corrected chi connectivity index (χ3v) is 7.79. The minimum absolute atomic E-state index is 0.0420. The van der Waals surface area contributed by atoms with Crippen LogP contribution in [0.1, 0.15) is 27.9 Å². The predicted molar refractivity (Wildman–Crippen MR) is 146 cm³/mol. The Morgan fingerprint density at radius 3 is 2.45 bits per heavy atom. The second kappa shape index (κ2) is 12.0. The lowest BCUT2D eigenvalue weighted by Gasteiger charge is -2.45. The predicted octanol–water partition coefficient (Wildman–Crippen LogP) is 3.25. The monoisotopic (exact) mass is 593 g/mol. The van der Waals surface area contributed by atoms with E-state index < -0.39 is 40.3 Å². The van der Waals surface area contributed by atoms with Crippen molar-refractivity contribution in [3.05, 3.63) is 86.9 Å². The number of aromatic nitrogens is 1. The third-order valence-electron chi connectivity index (χ3n) is 7.79. The molecule has 42 heavy (non-hydrogen) atoms. The summed E-state index contributed by atoms with van der Waals surface area (Å²) < 4.78 is 79.4. The van der Waals surface area contributed by atoms with Crippen molar-refractivity contribution >= 4 is 11.5 Å². The standard InChI is InChI=1S/C29H32F5N5O3/c1-37-6-8-39(9-7-37)26-24(36-27(41)21-17-35-25(40)15-22(21)29(32,33)34)14-19(20-4-2-3-5-23(20)30)16-28(26,31)18-38-10-12-42-13-11-38/h2-5,15-17H,6-14,18H2,1H3,(H,35,40)(H,36,41). The zero-order valence-corrected chi connectivity index (χ0v) is 23.1. The first kappa shape index (κ1) is 29.9. The molecule has 3 heterocycles. The molecule has 2 saturated heterocycles. The van der Waals surface area contributed by atoms with E-state index in [9.17, 15) is 27.2 Å². The Labute approximate surface area is 239 Å². The van der Waals surface area contributed by atoms with E-state index in [1.54, 1.807) is 6.07 Å². The summed E-state index contributed by atoms with van der Waals surface area (Å²) in [6.45, 7) is 3.62. The summed E-state index contributed by atoms with van der Waals surface area (Å²) in [5.74, 6) is -1.75. The highest BCUT2D eigenvalue weighted by atomic mass is 19.4. The number of pyridine rings is 1. The van der Waals surface area contributed by atoms with Gasteiger partial charge in [-0.3, -0.25) is 14.5 Å². The van der Waals surface area contributed by atoms with E-state index in [-0.39, 0.29) is 35.5 Å². The summed E-state index contributed by atoms with van der Waals surface area (Å²) in [5, 5.41) is 2.55. The number of morpholine rings is 1. The number of hydrogen-bond acceptors (Lipinski definition) is 6. The fraction of sp³-hybridized carbons (Fsp3) is 0.448. The third kappa shape index (κ3) is 6.42. The Hall–Kier alpha value is -3.55. The minimum atomic E-state index is -4.99. The van der Waals surface area contributed by atoms with Gasteiger partial charge in [0.15, 0.2) is 5.67 Å². The number of allylic oxidation sites excluding steroid dienone is 1.